The highest BCUT2D eigenvalue weighted by Crippen LogP contribution is 2.15. The standard InChI is InChI=1S/C21H29N5O2S.HI/c1-14-12-26(13-15(2)28-14)20(27)18-7-5-17(6-8-18)10-24-21(22-4)25-11-19-23-9-16(3)29-19;/h5-9,14-15H,10-13H2,1-4H3,(H2,22,24,25);1H. The molecule has 1 aliphatic rings. The number of amides is 1. The molecule has 1 fully saturated rings. The first-order valence-corrected chi connectivity index (χ1v) is 10.7. The van der Waals surface area contributed by atoms with E-state index in [0.29, 0.717) is 37.7 Å². The van der Waals surface area contributed by atoms with Crippen LogP contribution in [0.5, 0.6) is 0 Å². The number of nitrogens with zero attached hydrogens (tertiary/aromatic N) is 3. The summed E-state index contributed by atoms with van der Waals surface area (Å²) in [5.41, 5.74) is 1.79. The SMILES string of the molecule is CN=C(NCc1ccc(C(=O)N2CC(C)OC(C)C2)cc1)NCc1ncc(C)s1.I. The zero-order valence-electron chi connectivity index (χ0n) is 17.8. The number of hydrogen-bond donors (Lipinski definition) is 2. The lowest BCUT2D eigenvalue weighted by Crippen LogP contribution is -2.48. The highest BCUT2D eigenvalue weighted by atomic mass is 127. The molecule has 0 spiro atoms. The molecule has 2 aromatic rings. The lowest BCUT2D eigenvalue weighted by atomic mass is 10.1. The Labute approximate surface area is 199 Å². The first-order chi connectivity index (χ1) is 13.9. The van der Waals surface area contributed by atoms with Gasteiger partial charge in [0.15, 0.2) is 5.96 Å². The molecular weight excluding hydrogens is 513 g/mol. The third-order valence-corrected chi connectivity index (χ3v) is 5.58. The van der Waals surface area contributed by atoms with Crippen molar-refractivity contribution in [2.45, 2.75) is 46.1 Å². The number of nitrogens with one attached hydrogen (secondary N) is 2. The summed E-state index contributed by atoms with van der Waals surface area (Å²) in [4.78, 5) is 24.4. The van der Waals surface area contributed by atoms with Crippen LogP contribution in [0.25, 0.3) is 0 Å². The lowest BCUT2D eigenvalue weighted by Gasteiger charge is -2.35. The summed E-state index contributed by atoms with van der Waals surface area (Å²) in [5.74, 6) is 0.775. The van der Waals surface area contributed by atoms with E-state index in [0.717, 1.165) is 10.6 Å². The molecule has 0 radical (unpaired) electrons. The molecule has 1 aromatic heterocycles. The predicted octanol–water partition coefficient (Wildman–Crippen LogP) is 3.18. The monoisotopic (exact) mass is 543 g/mol. The zero-order valence-corrected chi connectivity index (χ0v) is 21.0. The third kappa shape index (κ3) is 6.92. The largest absolute Gasteiger partial charge is 0.372 e. The molecular formula is C21H30IN5O2S. The molecule has 164 valence electrons. The Balaban J connectivity index is 0.00000320. The number of morpholine rings is 1. The maximum absolute atomic E-state index is 12.8. The van der Waals surface area contributed by atoms with E-state index in [1.54, 1.807) is 18.4 Å². The second-order valence-corrected chi connectivity index (χ2v) is 8.63. The summed E-state index contributed by atoms with van der Waals surface area (Å²) in [6.07, 6.45) is 2.01. The van der Waals surface area contributed by atoms with Crippen LogP contribution in [-0.2, 0) is 17.8 Å². The van der Waals surface area contributed by atoms with Crippen LogP contribution in [0.3, 0.4) is 0 Å². The van der Waals surface area contributed by atoms with Gasteiger partial charge in [0.05, 0.1) is 18.8 Å². The van der Waals surface area contributed by atoms with Gasteiger partial charge in [0.1, 0.15) is 5.01 Å². The first-order valence-electron chi connectivity index (χ1n) is 9.84. The summed E-state index contributed by atoms with van der Waals surface area (Å²) in [5, 5.41) is 7.58. The first kappa shape index (κ1) is 24.5. The Hall–Kier alpha value is -1.72. The van der Waals surface area contributed by atoms with Crippen LogP contribution >= 0.6 is 35.3 Å². The summed E-state index contributed by atoms with van der Waals surface area (Å²) < 4.78 is 5.71. The van der Waals surface area contributed by atoms with Gasteiger partial charge in [-0.2, -0.15) is 0 Å². The Morgan fingerprint density at radius 1 is 1.20 bits per heavy atom. The van der Waals surface area contributed by atoms with Crippen molar-refractivity contribution in [3.8, 4) is 0 Å². The van der Waals surface area contributed by atoms with E-state index in [4.69, 9.17) is 4.74 Å². The van der Waals surface area contributed by atoms with Crippen LogP contribution in [0.4, 0.5) is 0 Å². The molecule has 7 nitrogen and oxygen atoms in total. The fourth-order valence-electron chi connectivity index (χ4n) is 3.34. The molecule has 1 aliphatic heterocycles. The summed E-state index contributed by atoms with van der Waals surface area (Å²) in [6, 6.07) is 7.73. The maximum atomic E-state index is 12.8. The van der Waals surface area contributed by atoms with Crippen LogP contribution in [0, 0.1) is 6.92 Å². The van der Waals surface area contributed by atoms with E-state index >= 15 is 0 Å². The molecule has 2 atom stereocenters. The Morgan fingerprint density at radius 3 is 2.40 bits per heavy atom. The topological polar surface area (TPSA) is 78.9 Å². The van der Waals surface area contributed by atoms with Crippen molar-refractivity contribution in [1.82, 2.24) is 20.5 Å². The Kier molecular flexibility index (Phi) is 9.50. The van der Waals surface area contributed by atoms with Gasteiger partial charge in [-0.15, -0.1) is 35.3 Å². The molecule has 0 aliphatic carbocycles. The van der Waals surface area contributed by atoms with E-state index in [2.05, 4.69) is 20.6 Å². The normalized spacial score (nSPS) is 19.2. The van der Waals surface area contributed by atoms with Crippen molar-refractivity contribution >= 4 is 47.2 Å². The number of halogens is 1. The number of aryl methyl sites for hydroxylation is 1. The minimum atomic E-state index is 0. The van der Waals surface area contributed by atoms with E-state index in [9.17, 15) is 4.79 Å². The minimum Gasteiger partial charge on any atom is -0.372 e. The van der Waals surface area contributed by atoms with Gasteiger partial charge in [-0.25, -0.2) is 4.98 Å². The number of thiazole rings is 1. The summed E-state index contributed by atoms with van der Waals surface area (Å²) >= 11 is 1.67. The van der Waals surface area contributed by atoms with Crippen molar-refractivity contribution in [3.63, 3.8) is 0 Å². The van der Waals surface area contributed by atoms with Crippen LogP contribution in [0.1, 0.15) is 39.7 Å². The summed E-state index contributed by atoms with van der Waals surface area (Å²) in [7, 11) is 1.74. The molecule has 30 heavy (non-hydrogen) atoms. The molecule has 1 saturated heterocycles. The number of aromatic nitrogens is 1. The Bertz CT molecular complexity index is 845. The fourth-order valence-corrected chi connectivity index (χ4v) is 4.07. The number of rotatable bonds is 5. The molecule has 0 saturated carbocycles. The van der Waals surface area contributed by atoms with Gasteiger partial charge in [0, 0.05) is 43.3 Å². The van der Waals surface area contributed by atoms with Crippen molar-refractivity contribution < 1.29 is 9.53 Å². The van der Waals surface area contributed by atoms with Crippen molar-refractivity contribution in [1.29, 1.82) is 0 Å². The van der Waals surface area contributed by atoms with Crippen LogP contribution in [-0.4, -0.2) is 54.1 Å². The fraction of sp³-hybridized carbons (Fsp3) is 0.476. The van der Waals surface area contributed by atoms with Gasteiger partial charge < -0.3 is 20.3 Å². The van der Waals surface area contributed by atoms with Gasteiger partial charge >= 0.3 is 0 Å². The molecule has 1 aromatic carbocycles. The Morgan fingerprint density at radius 2 is 1.83 bits per heavy atom. The maximum Gasteiger partial charge on any atom is 0.254 e. The number of guanidine groups is 1. The van der Waals surface area contributed by atoms with Crippen molar-refractivity contribution in [2.24, 2.45) is 4.99 Å². The number of carbonyl (C=O) groups is 1. The molecule has 2 heterocycles. The molecule has 1 amide bonds. The van der Waals surface area contributed by atoms with Crippen LogP contribution < -0.4 is 10.6 Å². The number of carbonyl (C=O) groups excluding carboxylic acids is 1. The zero-order chi connectivity index (χ0) is 20.8. The van der Waals surface area contributed by atoms with E-state index in [-0.39, 0.29) is 42.1 Å². The van der Waals surface area contributed by atoms with E-state index in [1.807, 2.05) is 56.1 Å². The average Bonchev–Trinajstić information content (AvgIpc) is 3.12. The summed E-state index contributed by atoms with van der Waals surface area (Å²) in [6.45, 7) is 8.57. The van der Waals surface area contributed by atoms with Gasteiger partial charge in [-0.1, -0.05) is 12.1 Å². The molecule has 3 rings (SSSR count). The average molecular weight is 543 g/mol. The molecule has 9 heteroatoms. The van der Waals surface area contributed by atoms with Gasteiger partial charge in [0.25, 0.3) is 5.91 Å². The minimum absolute atomic E-state index is 0. The number of benzene rings is 1. The molecule has 2 N–H and O–H groups in total. The smallest absolute Gasteiger partial charge is 0.254 e. The van der Waals surface area contributed by atoms with E-state index < -0.39 is 0 Å². The van der Waals surface area contributed by atoms with Gasteiger partial charge in [-0.3, -0.25) is 9.79 Å². The number of aliphatic imine (C=N–C) groups is 1. The van der Waals surface area contributed by atoms with Crippen LogP contribution in [0.15, 0.2) is 35.5 Å². The van der Waals surface area contributed by atoms with E-state index in [1.165, 1.54) is 4.88 Å². The van der Waals surface area contributed by atoms with Crippen molar-refractivity contribution in [3.05, 3.63) is 51.5 Å². The third-order valence-electron chi connectivity index (χ3n) is 4.67. The second-order valence-electron chi connectivity index (χ2n) is 7.31. The number of ether oxygens (including phenoxy) is 1. The highest BCUT2D eigenvalue weighted by Gasteiger charge is 2.26. The van der Waals surface area contributed by atoms with Gasteiger partial charge in [-0.05, 0) is 38.5 Å². The second kappa shape index (κ2) is 11.6. The van der Waals surface area contributed by atoms with Crippen LogP contribution in [0.2, 0.25) is 0 Å². The highest BCUT2D eigenvalue weighted by molar-refractivity contribution is 14.0. The molecule has 2 unspecified atom stereocenters. The quantitative estimate of drug-likeness (QED) is 0.344. The van der Waals surface area contributed by atoms with Crippen molar-refractivity contribution in [2.75, 3.05) is 20.1 Å². The predicted molar refractivity (Wildman–Crippen MR) is 132 cm³/mol. The molecule has 0 bridgehead atoms. The van der Waals surface area contributed by atoms with Gasteiger partial charge in [0.2, 0.25) is 0 Å². The lowest BCUT2D eigenvalue weighted by molar-refractivity contribution is -0.0586. The number of hydrogen-bond acceptors (Lipinski definition) is 5.